The number of hydrogen-bond donors (Lipinski definition) is 1. The van der Waals surface area contributed by atoms with Crippen LogP contribution in [0.1, 0.15) is 20.7 Å². The van der Waals surface area contributed by atoms with Crippen molar-refractivity contribution in [1.29, 1.82) is 0 Å². The van der Waals surface area contributed by atoms with Crippen molar-refractivity contribution in [1.82, 2.24) is 0 Å². The smallest absolute Gasteiger partial charge is 0.343 e. The molecule has 0 heterocycles. The fourth-order valence-corrected chi connectivity index (χ4v) is 1.52. The second-order valence-electron chi connectivity index (χ2n) is 3.76. The van der Waals surface area contributed by atoms with Crippen LogP contribution in [-0.4, -0.2) is 11.9 Å². The molecule has 0 aliphatic carbocycles. The average Bonchev–Trinajstić information content (AvgIpc) is 2.41. The molecule has 0 atom stereocenters. The molecular weight excluding hydrogens is 249 g/mol. The Hall–Kier alpha value is -2.69. The van der Waals surface area contributed by atoms with E-state index in [0.29, 0.717) is 5.56 Å². The zero-order chi connectivity index (χ0) is 13.8. The number of carbonyl (C=O) groups is 2. The average molecular weight is 259 g/mol. The van der Waals surface area contributed by atoms with Gasteiger partial charge in [-0.15, -0.1) is 0 Å². The summed E-state index contributed by atoms with van der Waals surface area (Å²) in [5, 5.41) is 0. The number of hydrogen-bond acceptors (Lipinski definition) is 3. The molecule has 0 aliphatic heterocycles. The third-order valence-corrected chi connectivity index (χ3v) is 2.42. The topological polar surface area (TPSA) is 69.4 Å². The Labute approximate surface area is 108 Å². The normalized spacial score (nSPS) is 9.95. The van der Waals surface area contributed by atoms with Gasteiger partial charge in [0.05, 0.1) is 11.1 Å². The molecule has 0 bridgehead atoms. The number of rotatable bonds is 3. The monoisotopic (exact) mass is 259 g/mol. The molecule has 0 aromatic heterocycles. The SMILES string of the molecule is NC(=O)c1cc(F)ccc1OC(=O)c1ccccc1. The van der Waals surface area contributed by atoms with Crippen LogP contribution >= 0.6 is 0 Å². The van der Waals surface area contributed by atoms with Crippen LogP contribution in [-0.2, 0) is 0 Å². The largest absolute Gasteiger partial charge is 0.422 e. The van der Waals surface area contributed by atoms with E-state index in [2.05, 4.69) is 0 Å². The maximum absolute atomic E-state index is 13.0. The van der Waals surface area contributed by atoms with E-state index < -0.39 is 17.7 Å². The van der Waals surface area contributed by atoms with E-state index in [1.807, 2.05) is 0 Å². The molecule has 2 aromatic rings. The molecule has 0 aliphatic rings. The zero-order valence-corrected chi connectivity index (χ0v) is 9.80. The molecule has 5 heteroatoms. The molecule has 96 valence electrons. The van der Waals surface area contributed by atoms with Crippen LogP contribution in [0.4, 0.5) is 4.39 Å². The second kappa shape index (κ2) is 5.30. The van der Waals surface area contributed by atoms with Gasteiger partial charge < -0.3 is 10.5 Å². The standard InChI is InChI=1S/C14H10FNO3/c15-10-6-7-12(11(8-10)13(16)17)19-14(18)9-4-2-1-3-5-9/h1-8H,(H2,16,17). The summed E-state index contributed by atoms with van der Waals surface area (Å²) in [5.41, 5.74) is 5.25. The highest BCUT2D eigenvalue weighted by Crippen LogP contribution is 2.20. The third-order valence-electron chi connectivity index (χ3n) is 2.42. The number of benzene rings is 2. The molecule has 4 nitrogen and oxygen atoms in total. The summed E-state index contributed by atoms with van der Waals surface area (Å²) in [7, 11) is 0. The minimum atomic E-state index is -0.865. The molecule has 1 amide bonds. The van der Waals surface area contributed by atoms with Gasteiger partial charge in [-0.2, -0.15) is 0 Å². The number of ether oxygens (including phenoxy) is 1. The first kappa shape index (κ1) is 12.8. The van der Waals surface area contributed by atoms with Gasteiger partial charge in [0, 0.05) is 0 Å². The van der Waals surface area contributed by atoms with Gasteiger partial charge in [0.1, 0.15) is 11.6 Å². The number of primary amides is 1. The number of amides is 1. The van der Waals surface area contributed by atoms with Crippen LogP contribution in [0.15, 0.2) is 48.5 Å². The number of nitrogens with two attached hydrogens (primary N) is 1. The molecule has 0 fully saturated rings. The molecule has 0 radical (unpaired) electrons. The summed E-state index contributed by atoms with van der Waals surface area (Å²) in [6.45, 7) is 0. The molecule has 2 rings (SSSR count). The lowest BCUT2D eigenvalue weighted by Gasteiger charge is -2.07. The van der Waals surface area contributed by atoms with Crippen molar-refractivity contribution in [3.8, 4) is 5.75 Å². The van der Waals surface area contributed by atoms with Gasteiger partial charge in [0.15, 0.2) is 0 Å². The van der Waals surface area contributed by atoms with E-state index >= 15 is 0 Å². The van der Waals surface area contributed by atoms with E-state index in [-0.39, 0.29) is 11.3 Å². The van der Waals surface area contributed by atoms with Crippen LogP contribution in [0.3, 0.4) is 0 Å². The highest BCUT2D eigenvalue weighted by molar-refractivity contribution is 5.98. The highest BCUT2D eigenvalue weighted by atomic mass is 19.1. The lowest BCUT2D eigenvalue weighted by atomic mass is 10.2. The molecule has 0 saturated heterocycles. The lowest BCUT2D eigenvalue weighted by Crippen LogP contribution is -2.16. The van der Waals surface area contributed by atoms with Gasteiger partial charge in [0.2, 0.25) is 0 Å². The molecule has 0 unspecified atom stereocenters. The van der Waals surface area contributed by atoms with Gasteiger partial charge in [-0.1, -0.05) is 18.2 Å². The van der Waals surface area contributed by atoms with Crippen molar-refractivity contribution in [2.75, 3.05) is 0 Å². The van der Waals surface area contributed by atoms with Crippen LogP contribution in [0.25, 0.3) is 0 Å². The predicted molar refractivity (Wildman–Crippen MR) is 66.3 cm³/mol. The first-order valence-corrected chi connectivity index (χ1v) is 5.44. The number of halogens is 1. The van der Waals surface area contributed by atoms with Crippen LogP contribution < -0.4 is 10.5 Å². The van der Waals surface area contributed by atoms with Crippen LogP contribution in [0, 0.1) is 5.82 Å². The minimum absolute atomic E-state index is 0.0669. The second-order valence-corrected chi connectivity index (χ2v) is 3.76. The van der Waals surface area contributed by atoms with E-state index in [1.165, 1.54) is 6.07 Å². The summed E-state index contributed by atoms with van der Waals surface area (Å²) in [6, 6.07) is 11.4. The Morgan fingerprint density at radius 2 is 1.74 bits per heavy atom. The van der Waals surface area contributed by atoms with Crippen molar-refractivity contribution in [3.05, 3.63) is 65.5 Å². The fraction of sp³-hybridized carbons (Fsp3) is 0. The van der Waals surface area contributed by atoms with Crippen molar-refractivity contribution in [3.63, 3.8) is 0 Å². The first-order chi connectivity index (χ1) is 9.08. The van der Waals surface area contributed by atoms with E-state index in [1.54, 1.807) is 30.3 Å². The van der Waals surface area contributed by atoms with Crippen LogP contribution in [0.2, 0.25) is 0 Å². The van der Waals surface area contributed by atoms with E-state index in [0.717, 1.165) is 12.1 Å². The third kappa shape index (κ3) is 2.95. The van der Waals surface area contributed by atoms with Crippen molar-refractivity contribution in [2.24, 2.45) is 5.73 Å². The van der Waals surface area contributed by atoms with Gasteiger partial charge in [0.25, 0.3) is 5.91 Å². The van der Waals surface area contributed by atoms with Crippen molar-refractivity contribution >= 4 is 11.9 Å². The Kier molecular flexibility index (Phi) is 3.56. The Bertz CT molecular complexity index is 626. The predicted octanol–water partition coefficient (Wildman–Crippen LogP) is 2.14. The molecule has 0 spiro atoms. The Morgan fingerprint density at radius 3 is 2.37 bits per heavy atom. The van der Waals surface area contributed by atoms with Crippen molar-refractivity contribution in [2.45, 2.75) is 0 Å². The van der Waals surface area contributed by atoms with Gasteiger partial charge in [-0.25, -0.2) is 9.18 Å². The zero-order valence-electron chi connectivity index (χ0n) is 9.80. The Morgan fingerprint density at radius 1 is 1.05 bits per heavy atom. The lowest BCUT2D eigenvalue weighted by molar-refractivity contribution is 0.0732. The number of esters is 1. The summed E-state index contributed by atoms with van der Waals surface area (Å²) in [6.07, 6.45) is 0. The Balaban J connectivity index is 2.29. The van der Waals surface area contributed by atoms with Crippen molar-refractivity contribution < 1.29 is 18.7 Å². The first-order valence-electron chi connectivity index (χ1n) is 5.44. The van der Waals surface area contributed by atoms with Crippen LogP contribution in [0.5, 0.6) is 5.75 Å². The van der Waals surface area contributed by atoms with Gasteiger partial charge in [-0.05, 0) is 30.3 Å². The minimum Gasteiger partial charge on any atom is -0.422 e. The summed E-state index contributed by atoms with van der Waals surface area (Å²) < 4.78 is 18.1. The maximum atomic E-state index is 13.0. The molecule has 0 saturated carbocycles. The molecule has 2 N–H and O–H groups in total. The van der Waals surface area contributed by atoms with E-state index in [9.17, 15) is 14.0 Å². The molecule has 2 aromatic carbocycles. The fourth-order valence-electron chi connectivity index (χ4n) is 1.52. The van der Waals surface area contributed by atoms with Gasteiger partial charge >= 0.3 is 5.97 Å². The summed E-state index contributed by atoms with van der Waals surface area (Å²) in [4.78, 5) is 23.0. The summed E-state index contributed by atoms with van der Waals surface area (Å²) >= 11 is 0. The maximum Gasteiger partial charge on any atom is 0.343 e. The molecule has 19 heavy (non-hydrogen) atoms. The highest BCUT2D eigenvalue weighted by Gasteiger charge is 2.15. The molecular formula is C14H10FNO3. The summed E-state index contributed by atoms with van der Waals surface area (Å²) in [5.74, 6) is -2.21. The quantitative estimate of drug-likeness (QED) is 0.678. The van der Waals surface area contributed by atoms with Gasteiger partial charge in [-0.3, -0.25) is 4.79 Å². The number of carbonyl (C=O) groups excluding carboxylic acids is 2. The van der Waals surface area contributed by atoms with E-state index in [4.69, 9.17) is 10.5 Å².